The van der Waals surface area contributed by atoms with Crippen LogP contribution in [0.15, 0.2) is 36.5 Å². The van der Waals surface area contributed by atoms with Crippen LogP contribution in [0.1, 0.15) is 44.7 Å². The summed E-state index contributed by atoms with van der Waals surface area (Å²) >= 11 is 0. The molecular weight excluding hydrogens is 334 g/mol. The predicted molar refractivity (Wildman–Crippen MR) is 105 cm³/mol. The molecule has 0 aliphatic carbocycles. The normalized spacial score (nSPS) is 11.3. The number of rotatable bonds is 9. The Kier molecular flexibility index (Phi) is 6.82. The highest BCUT2D eigenvalue weighted by atomic mass is 32.2. The summed E-state index contributed by atoms with van der Waals surface area (Å²) in [6.45, 7) is 6.22. The molecule has 1 aromatic carbocycles. The van der Waals surface area contributed by atoms with Gasteiger partial charge in [0.25, 0.3) is 0 Å². The Balaban J connectivity index is 2.14. The van der Waals surface area contributed by atoms with Gasteiger partial charge in [-0.1, -0.05) is 45.4 Å². The molecule has 0 saturated carbocycles. The van der Waals surface area contributed by atoms with Crippen LogP contribution in [0.25, 0.3) is 0 Å². The fourth-order valence-corrected chi connectivity index (χ4v) is 3.87. The van der Waals surface area contributed by atoms with Gasteiger partial charge in [-0.05, 0) is 42.5 Å². The summed E-state index contributed by atoms with van der Waals surface area (Å²) < 4.78 is 26.5. The molecule has 0 unspecified atom stereocenters. The second-order valence-electron chi connectivity index (χ2n) is 5.99. The highest BCUT2D eigenvalue weighted by Crippen LogP contribution is 2.26. The van der Waals surface area contributed by atoms with Gasteiger partial charge < -0.3 is 5.32 Å². The van der Waals surface area contributed by atoms with E-state index >= 15 is 0 Å². The van der Waals surface area contributed by atoms with E-state index in [4.69, 9.17) is 0 Å². The third-order valence-corrected chi connectivity index (χ3v) is 5.43. The van der Waals surface area contributed by atoms with Crippen LogP contribution in [0.3, 0.4) is 0 Å². The first-order chi connectivity index (χ1) is 12.0. The van der Waals surface area contributed by atoms with E-state index in [1.165, 1.54) is 11.1 Å². The Morgan fingerprint density at radius 1 is 1.00 bits per heavy atom. The number of hydrogen-bond donors (Lipinski definition) is 2. The Hall–Kier alpha value is -2.08. The molecule has 1 aromatic heterocycles. The van der Waals surface area contributed by atoms with Crippen molar-refractivity contribution in [1.82, 2.24) is 4.98 Å². The number of benzene rings is 1. The molecular formula is C19H27N3O2S. The summed E-state index contributed by atoms with van der Waals surface area (Å²) in [5, 5.41) is 3.38. The maximum absolute atomic E-state index is 11.9. The summed E-state index contributed by atoms with van der Waals surface area (Å²) in [6.07, 6.45) is 4.91. The highest BCUT2D eigenvalue weighted by molar-refractivity contribution is 7.92. The fraction of sp³-hybridized carbons (Fsp3) is 0.421. The van der Waals surface area contributed by atoms with Crippen LogP contribution in [-0.2, 0) is 22.9 Å². The van der Waals surface area contributed by atoms with Gasteiger partial charge in [0.15, 0.2) is 0 Å². The van der Waals surface area contributed by atoms with Crippen LogP contribution in [0.2, 0.25) is 0 Å². The van der Waals surface area contributed by atoms with Gasteiger partial charge in [-0.2, -0.15) is 0 Å². The standard InChI is InChI=1S/C19H27N3O2S/c1-4-7-13-25(23,24)22-17-11-12-18(20-14-17)21-19-15(5-2)9-8-10-16(19)6-3/h8-12,14,22H,4-7,13H2,1-3H3,(H,20,21). The minimum atomic E-state index is -3.30. The Morgan fingerprint density at radius 3 is 2.20 bits per heavy atom. The number of pyridine rings is 1. The number of nitrogens with zero attached hydrogens (tertiary/aromatic N) is 1. The van der Waals surface area contributed by atoms with Crippen LogP contribution < -0.4 is 10.0 Å². The van der Waals surface area contributed by atoms with E-state index in [1.807, 2.05) is 6.92 Å². The van der Waals surface area contributed by atoms with E-state index in [1.54, 1.807) is 18.3 Å². The molecule has 0 aliphatic rings. The van der Waals surface area contributed by atoms with Crippen molar-refractivity contribution in [3.63, 3.8) is 0 Å². The lowest BCUT2D eigenvalue weighted by atomic mass is 10.0. The lowest BCUT2D eigenvalue weighted by Crippen LogP contribution is -2.16. The number of aryl methyl sites for hydroxylation is 2. The minimum Gasteiger partial charge on any atom is -0.340 e. The Bertz CT molecular complexity index is 765. The second kappa shape index (κ2) is 8.85. The average Bonchev–Trinajstić information content (AvgIpc) is 2.61. The first-order valence-electron chi connectivity index (χ1n) is 8.83. The van der Waals surface area contributed by atoms with Gasteiger partial charge in [0.1, 0.15) is 5.82 Å². The lowest BCUT2D eigenvalue weighted by Gasteiger charge is -2.15. The molecule has 2 aromatic rings. The molecule has 136 valence electrons. The monoisotopic (exact) mass is 361 g/mol. The van der Waals surface area contributed by atoms with E-state index in [2.05, 4.69) is 47.1 Å². The van der Waals surface area contributed by atoms with Crippen molar-refractivity contribution < 1.29 is 8.42 Å². The van der Waals surface area contributed by atoms with E-state index in [0.29, 0.717) is 17.9 Å². The molecule has 0 radical (unpaired) electrons. The number of nitrogens with one attached hydrogen (secondary N) is 2. The Labute approximate surface area is 150 Å². The maximum Gasteiger partial charge on any atom is 0.232 e. The van der Waals surface area contributed by atoms with Crippen molar-refractivity contribution in [2.75, 3.05) is 15.8 Å². The lowest BCUT2D eigenvalue weighted by molar-refractivity contribution is 0.598. The van der Waals surface area contributed by atoms with Crippen LogP contribution in [0.5, 0.6) is 0 Å². The molecule has 0 atom stereocenters. The number of anilines is 3. The quantitative estimate of drug-likeness (QED) is 0.690. The van der Waals surface area contributed by atoms with E-state index in [9.17, 15) is 8.42 Å². The first-order valence-corrected chi connectivity index (χ1v) is 10.5. The van der Waals surface area contributed by atoms with Crippen molar-refractivity contribution >= 4 is 27.2 Å². The molecule has 5 nitrogen and oxygen atoms in total. The van der Waals surface area contributed by atoms with E-state index in [0.717, 1.165) is 24.9 Å². The smallest absolute Gasteiger partial charge is 0.232 e. The van der Waals surface area contributed by atoms with Crippen molar-refractivity contribution in [3.8, 4) is 0 Å². The minimum absolute atomic E-state index is 0.132. The van der Waals surface area contributed by atoms with Gasteiger partial charge >= 0.3 is 0 Å². The molecule has 0 aliphatic heterocycles. The van der Waals surface area contributed by atoms with Crippen molar-refractivity contribution in [1.29, 1.82) is 0 Å². The number of sulfonamides is 1. The molecule has 0 spiro atoms. The van der Waals surface area contributed by atoms with Crippen LogP contribution in [0.4, 0.5) is 17.2 Å². The number of aromatic nitrogens is 1. The van der Waals surface area contributed by atoms with Crippen LogP contribution >= 0.6 is 0 Å². The van der Waals surface area contributed by atoms with Crippen molar-refractivity contribution in [2.45, 2.75) is 46.5 Å². The van der Waals surface area contributed by atoms with Gasteiger partial charge in [-0.3, -0.25) is 4.72 Å². The number of para-hydroxylation sites is 1. The fourth-order valence-electron chi connectivity index (χ4n) is 2.62. The molecule has 25 heavy (non-hydrogen) atoms. The number of hydrogen-bond acceptors (Lipinski definition) is 4. The summed E-state index contributed by atoms with van der Waals surface area (Å²) in [5.74, 6) is 0.833. The SMILES string of the molecule is CCCCS(=O)(=O)Nc1ccc(Nc2c(CC)cccc2CC)nc1. The average molecular weight is 362 g/mol. The first kappa shape index (κ1) is 19.2. The van der Waals surface area contributed by atoms with Gasteiger partial charge in [0, 0.05) is 5.69 Å². The Morgan fingerprint density at radius 2 is 1.68 bits per heavy atom. The van der Waals surface area contributed by atoms with E-state index in [-0.39, 0.29) is 5.75 Å². The molecule has 0 amide bonds. The third kappa shape index (κ3) is 5.46. The summed E-state index contributed by atoms with van der Waals surface area (Å²) in [7, 11) is -3.30. The largest absolute Gasteiger partial charge is 0.340 e. The van der Waals surface area contributed by atoms with Crippen molar-refractivity contribution in [3.05, 3.63) is 47.7 Å². The molecule has 0 fully saturated rings. The second-order valence-corrected chi connectivity index (χ2v) is 7.83. The maximum atomic E-state index is 11.9. The summed E-state index contributed by atoms with van der Waals surface area (Å²) in [4.78, 5) is 4.35. The van der Waals surface area contributed by atoms with Gasteiger partial charge in [-0.25, -0.2) is 13.4 Å². The number of unbranched alkanes of at least 4 members (excludes halogenated alkanes) is 1. The molecule has 2 N–H and O–H groups in total. The third-order valence-electron chi connectivity index (χ3n) is 4.06. The summed E-state index contributed by atoms with van der Waals surface area (Å²) in [6, 6.07) is 9.82. The molecule has 0 saturated heterocycles. The molecule has 0 bridgehead atoms. The topological polar surface area (TPSA) is 71.1 Å². The van der Waals surface area contributed by atoms with Gasteiger partial charge in [0.05, 0.1) is 17.6 Å². The molecule has 6 heteroatoms. The summed E-state index contributed by atoms with van der Waals surface area (Å²) in [5.41, 5.74) is 4.06. The zero-order chi connectivity index (χ0) is 18.3. The van der Waals surface area contributed by atoms with E-state index < -0.39 is 10.0 Å². The van der Waals surface area contributed by atoms with Gasteiger partial charge in [-0.15, -0.1) is 0 Å². The van der Waals surface area contributed by atoms with Crippen LogP contribution in [0, 0.1) is 0 Å². The van der Waals surface area contributed by atoms with Gasteiger partial charge in [0.2, 0.25) is 10.0 Å². The van der Waals surface area contributed by atoms with Crippen molar-refractivity contribution in [2.24, 2.45) is 0 Å². The highest BCUT2D eigenvalue weighted by Gasteiger charge is 2.11. The zero-order valence-corrected chi connectivity index (χ0v) is 16.0. The zero-order valence-electron chi connectivity index (χ0n) is 15.2. The molecule has 2 rings (SSSR count). The molecule has 1 heterocycles. The van der Waals surface area contributed by atoms with Crippen LogP contribution in [-0.4, -0.2) is 19.2 Å². The predicted octanol–water partition coefficient (Wildman–Crippen LogP) is 4.49.